The average Bonchev–Trinajstić information content (AvgIpc) is 2.71. The SMILES string of the molecule is CCOC(=O)[C@@H](C)C[C@@H](NC(=O)c1c2ccccc2cc2ccccc12)C(N)=O. The van der Waals surface area contributed by atoms with E-state index in [4.69, 9.17) is 10.5 Å². The first-order chi connectivity index (χ1) is 13.9. The molecule has 0 aliphatic rings. The lowest BCUT2D eigenvalue weighted by molar-refractivity contribution is -0.147. The molecule has 0 spiro atoms. The lowest BCUT2D eigenvalue weighted by Gasteiger charge is -2.20. The van der Waals surface area contributed by atoms with Crippen LogP contribution in [0.3, 0.4) is 0 Å². The predicted molar refractivity (Wildman–Crippen MR) is 112 cm³/mol. The number of hydrogen-bond acceptors (Lipinski definition) is 4. The molecule has 3 rings (SSSR count). The van der Waals surface area contributed by atoms with Gasteiger partial charge in [0.1, 0.15) is 6.04 Å². The fraction of sp³-hybridized carbons (Fsp3) is 0.261. The van der Waals surface area contributed by atoms with Gasteiger partial charge >= 0.3 is 5.97 Å². The Bertz CT molecular complexity index is 1020. The predicted octanol–water partition coefficient (Wildman–Crippen LogP) is 3.17. The molecule has 0 aromatic heterocycles. The van der Waals surface area contributed by atoms with E-state index in [-0.39, 0.29) is 13.0 Å². The standard InChI is InChI=1S/C23H24N2O4/c1-3-29-23(28)14(2)12-19(21(24)26)25-22(27)20-17-10-6-4-8-15(17)13-16-9-5-7-11-18(16)20/h4-11,13-14,19H,3,12H2,1-2H3,(H2,24,26)(H,25,27)/t14-,19+/m0/s1. The van der Waals surface area contributed by atoms with Crippen LogP contribution in [0, 0.1) is 5.92 Å². The molecule has 3 aromatic carbocycles. The van der Waals surface area contributed by atoms with Crippen LogP contribution in [0.25, 0.3) is 21.5 Å². The maximum Gasteiger partial charge on any atom is 0.308 e. The highest BCUT2D eigenvalue weighted by molar-refractivity contribution is 6.18. The van der Waals surface area contributed by atoms with Gasteiger partial charge < -0.3 is 15.8 Å². The van der Waals surface area contributed by atoms with Gasteiger partial charge in [0.15, 0.2) is 0 Å². The summed E-state index contributed by atoms with van der Waals surface area (Å²) in [4.78, 5) is 37.1. The monoisotopic (exact) mass is 392 g/mol. The minimum absolute atomic E-state index is 0.0720. The highest BCUT2D eigenvalue weighted by Gasteiger charge is 2.26. The second-order valence-corrected chi connectivity index (χ2v) is 7.01. The Kier molecular flexibility index (Phi) is 6.12. The van der Waals surface area contributed by atoms with Crippen molar-refractivity contribution in [3.8, 4) is 0 Å². The van der Waals surface area contributed by atoms with Gasteiger partial charge in [-0.3, -0.25) is 14.4 Å². The van der Waals surface area contributed by atoms with Crippen molar-refractivity contribution in [2.24, 2.45) is 11.7 Å². The molecule has 6 heteroatoms. The smallest absolute Gasteiger partial charge is 0.308 e. The average molecular weight is 392 g/mol. The molecule has 29 heavy (non-hydrogen) atoms. The molecule has 2 atom stereocenters. The summed E-state index contributed by atoms with van der Waals surface area (Å²) in [5.41, 5.74) is 5.99. The van der Waals surface area contributed by atoms with Gasteiger partial charge in [0.2, 0.25) is 5.91 Å². The van der Waals surface area contributed by atoms with E-state index < -0.39 is 29.7 Å². The number of carbonyl (C=O) groups excluding carboxylic acids is 3. The summed E-state index contributed by atoms with van der Waals surface area (Å²) in [5.74, 6) is -2.10. The Morgan fingerprint density at radius 2 is 1.55 bits per heavy atom. The first-order valence-corrected chi connectivity index (χ1v) is 9.59. The van der Waals surface area contributed by atoms with Crippen LogP contribution in [0.4, 0.5) is 0 Å². The van der Waals surface area contributed by atoms with Crippen molar-refractivity contribution < 1.29 is 19.1 Å². The number of rotatable bonds is 7. The Morgan fingerprint density at radius 1 is 1.00 bits per heavy atom. The minimum Gasteiger partial charge on any atom is -0.466 e. The lowest BCUT2D eigenvalue weighted by Crippen LogP contribution is -2.46. The van der Waals surface area contributed by atoms with E-state index in [9.17, 15) is 14.4 Å². The van der Waals surface area contributed by atoms with Gasteiger partial charge in [0.05, 0.1) is 18.1 Å². The van der Waals surface area contributed by atoms with E-state index in [1.165, 1.54) is 0 Å². The zero-order valence-corrected chi connectivity index (χ0v) is 16.5. The van der Waals surface area contributed by atoms with E-state index in [0.29, 0.717) is 5.56 Å². The summed E-state index contributed by atoms with van der Waals surface area (Å²) in [6, 6.07) is 16.2. The molecule has 150 valence electrons. The normalized spacial score (nSPS) is 13.0. The molecule has 0 aliphatic heterocycles. The summed E-state index contributed by atoms with van der Waals surface area (Å²) >= 11 is 0. The quantitative estimate of drug-likeness (QED) is 0.477. The van der Waals surface area contributed by atoms with Crippen molar-refractivity contribution in [3.05, 3.63) is 60.2 Å². The van der Waals surface area contributed by atoms with Crippen molar-refractivity contribution in [2.75, 3.05) is 6.61 Å². The Morgan fingerprint density at radius 3 is 2.07 bits per heavy atom. The van der Waals surface area contributed by atoms with E-state index in [0.717, 1.165) is 21.5 Å². The van der Waals surface area contributed by atoms with Crippen LogP contribution in [0.2, 0.25) is 0 Å². The molecule has 0 unspecified atom stereocenters. The highest BCUT2D eigenvalue weighted by atomic mass is 16.5. The molecular formula is C23H24N2O4. The molecule has 0 fully saturated rings. The van der Waals surface area contributed by atoms with Crippen LogP contribution in [0.1, 0.15) is 30.6 Å². The van der Waals surface area contributed by atoms with Crippen molar-refractivity contribution in [2.45, 2.75) is 26.3 Å². The molecule has 0 aliphatic carbocycles. The number of primary amides is 1. The molecule has 2 amide bonds. The molecule has 3 aromatic rings. The van der Waals surface area contributed by atoms with Crippen LogP contribution in [-0.4, -0.2) is 30.4 Å². The maximum atomic E-state index is 13.2. The second-order valence-electron chi connectivity index (χ2n) is 7.01. The maximum absolute atomic E-state index is 13.2. The molecular weight excluding hydrogens is 368 g/mol. The lowest BCUT2D eigenvalue weighted by atomic mass is 9.95. The molecule has 0 saturated carbocycles. The van der Waals surface area contributed by atoms with Crippen LogP contribution in [0.15, 0.2) is 54.6 Å². The topological polar surface area (TPSA) is 98.5 Å². The second kappa shape index (κ2) is 8.73. The van der Waals surface area contributed by atoms with Gasteiger partial charge in [-0.25, -0.2) is 0 Å². The third-order valence-electron chi connectivity index (χ3n) is 4.93. The van der Waals surface area contributed by atoms with Crippen LogP contribution in [-0.2, 0) is 14.3 Å². The fourth-order valence-corrected chi connectivity index (χ4v) is 3.47. The largest absolute Gasteiger partial charge is 0.466 e. The van der Waals surface area contributed by atoms with Crippen molar-refractivity contribution >= 4 is 39.3 Å². The molecule has 0 saturated heterocycles. The third-order valence-corrected chi connectivity index (χ3v) is 4.93. The van der Waals surface area contributed by atoms with Gasteiger partial charge in [-0.2, -0.15) is 0 Å². The van der Waals surface area contributed by atoms with Crippen molar-refractivity contribution in [3.63, 3.8) is 0 Å². The summed E-state index contributed by atoms with van der Waals surface area (Å²) in [7, 11) is 0. The van der Waals surface area contributed by atoms with Crippen molar-refractivity contribution in [1.29, 1.82) is 0 Å². The van der Waals surface area contributed by atoms with Gasteiger partial charge in [-0.15, -0.1) is 0 Å². The highest BCUT2D eigenvalue weighted by Crippen LogP contribution is 2.28. The van der Waals surface area contributed by atoms with Gasteiger partial charge in [-0.1, -0.05) is 55.5 Å². The number of nitrogens with two attached hydrogens (primary N) is 1. The van der Waals surface area contributed by atoms with E-state index in [1.807, 2.05) is 54.6 Å². The van der Waals surface area contributed by atoms with Crippen molar-refractivity contribution in [1.82, 2.24) is 5.32 Å². The third kappa shape index (κ3) is 4.37. The van der Waals surface area contributed by atoms with Crippen LogP contribution in [0.5, 0.6) is 0 Å². The van der Waals surface area contributed by atoms with Gasteiger partial charge in [0.25, 0.3) is 5.91 Å². The summed E-state index contributed by atoms with van der Waals surface area (Å²) in [6.07, 6.45) is 0.0720. The number of hydrogen-bond donors (Lipinski definition) is 2. The number of carbonyl (C=O) groups is 3. The Balaban J connectivity index is 1.97. The van der Waals surface area contributed by atoms with E-state index in [1.54, 1.807) is 13.8 Å². The Hall–Kier alpha value is -3.41. The number of benzene rings is 3. The number of ether oxygens (including phenoxy) is 1. The Labute approximate surface area is 169 Å². The molecule has 0 bridgehead atoms. The molecule has 0 radical (unpaired) electrons. The van der Waals surface area contributed by atoms with Gasteiger partial charge in [-0.05, 0) is 41.0 Å². The fourth-order valence-electron chi connectivity index (χ4n) is 3.47. The van der Waals surface area contributed by atoms with Crippen LogP contribution >= 0.6 is 0 Å². The number of esters is 1. The van der Waals surface area contributed by atoms with Crippen LogP contribution < -0.4 is 11.1 Å². The summed E-state index contributed by atoms with van der Waals surface area (Å²) < 4.78 is 4.99. The molecule has 6 nitrogen and oxygen atoms in total. The number of amides is 2. The summed E-state index contributed by atoms with van der Waals surface area (Å²) in [5, 5.41) is 6.14. The van der Waals surface area contributed by atoms with E-state index >= 15 is 0 Å². The molecule has 3 N–H and O–H groups in total. The number of fused-ring (bicyclic) bond motifs is 2. The first kappa shape index (κ1) is 20.3. The molecule has 0 heterocycles. The summed E-state index contributed by atoms with van der Waals surface area (Å²) in [6.45, 7) is 3.61. The first-order valence-electron chi connectivity index (χ1n) is 9.59. The number of nitrogens with one attached hydrogen (secondary N) is 1. The van der Waals surface area contributed by atoms with E-state index in [2.05, 4.69) is 5.32 Å². The minimum atomic E-state index is -0.986. The zero-order chi connectivity index (χ0) is 21.0. The van der Waals surface area contributed by atoms with Gasteiger partial charge in [0, 0.05) is 0 Å². The zero-order valence-electron chi connectivity index (χ0n) is 16.5.